The fraction of sp³-hybridized carbons (Fsp3) is 0.316. The molecule has 3 nitrogen and oxygen atoms in total. The zero-order valence-electron chi connectivity index (χ0n) is 12.8. The molecule has 0 heterocycles. The highest BCUT2D eigenvalue weighted by atomic mass is 16.5. The Balaban J connectivity index is 1.71. The van der Waals surface area contributed by atoms with Crippen LogP contribution in [0.5, 0.6) is 5.75 Å². The van der Waals surface area contributed by atoms with Crippen LogP contribution in [-0.4, -0.2) is 12.5 Å². The Labute approximate surface area is 131 Å². The molecule has 0 aliphatic heterocycles. The number of anilines is 1. The highest BCUT2D eigenvalue weighted by Gasteiger charge is 2.37. The summed E-state index contributed by atoms with van der Waals surface area (Å²) in [5.74, 6) is 1.33. The fourth-order valence-corrected chi connectivity index (χ4v) is 2.75. The topological polar surface area (TPSA) is 38.3 Å². The quantitative estimate of drug-likeness (QED) is 0.866. The van der Waals surface area contributed by atoms with E-state index in [0.717, 1.165) is 29.8 Å². The van der Waals surface area contributed by atoms with Crippen molar-refractivity contribution in [1.29, 1.82) is 0 Å². The van der Waals surface area contributed by atoms with E-state index in [0.29, 0.717) is 12.5 Å². The zero-order chi connectivity index (χ0) is 15.4. The molecule has 0 saturated heterocycles. The van der Waals surface area contributed by atoms with Gasteiger partial charge in [0.05, 0.1) is 12.5 Å². The average Bonchev–Trinajstić information content (AvgIpc) is 3.36. The van der Waals surface area contributed by atoms with Crippen molar-refractivity contribution in [2.45, 2.75) is 25.7 Å². The number of carbonyl (C=O) groups is 1. The van der Waals surface area contributed by atoms with Crippen molar-refractivity contribution in [2.24, 2.45) is 5.92 Å². The van der Waals surface area contributed by atoms with Crippen LogP contribution in [-0.2, 0) is 4.79 Å². The molecule has 0 aromatic heterocycles. The first-order valence-electron chi connectivity index (χ1n) is 7.86. The molecular weight excluding hydrogens is 274 g/mol. The Hall–Kier alpha value is -2.29. The maximum Gasteiger partial charge on any atom is 0.232 e. The number of benzene rings is 2. The number of hydrogen-bond donors (Lipinski definition) is 1. The largest absolute Gasteiger partial charge is 0.494 e. The summed E-state index contributed by atoms with van der Waals surface area (Å²) in [6, 6.07) is 17.6. The minimum Gasteiger partial charge on any atom is -0.494 e. The lowest BCUT2D eigenvalue weighted by atomic mass is 9.93. The lowest BCUT2D eigenvalue weighted by Gasteiger charge is -2.17. The van der Waals surface area contributed by atoms with Crippen molar-refractivity contribution < 1.29 is 9.53 Å². The summed E-state index contributed by atoms with van der Waals surface area (Å²) in [6.45, 7) is 2.60. The van der Waals surface area contributed by atoms with Gasteiger partial charge in [-0.05, 0) is 55.5 Å². The molecule has 1 aliphatic rings. The van der Waals surface area contributed by atoms with Crippen LogP contribution in [0.1, 0.15) is 31.2 Å². The zero-order valence-corrected chi connectivity index (χ0v) is 12.8. The molecule has 114 valence electrons. The smallest absolute Gasteiger partial charge is 0.232 e. The monoisotopic (exact) mass is 295 g/mol. The van der Waals surface area contributed by atoms with Gasteiger partial charge in [0.15, 0.2) is 0 Å². The van der Waals surface area contributed by atoms with Crippen molar-refractivity contribution in [3.63, 3.8) is 0 Å². The first-order chi connectivity index (χ1) is 10.8. The van der Waals surface area contributed by atoms with E-state index >= 15 is 0 Å². The summed E-state index contributed by atoms with van der Waals surface area (Å²) in [6.07, 6.45) is 2.27. The van der Waals surface area contributed by atoms with Crippen LogP contribution in [0, 0.1) is 5.92 Å². The number of amides is 1. The van der Waals surface area contributed by atoms with E-state index < -0.39 is 0 Å². The average molecular weight is 295 g/mol. The standard InChI is InChI=1S/C19H21NO2/c1-2-22-17-12-10-16(11-13-17)20-19(21)18(15-8-9-15)14-6-4-3-5-7-14/h3-7,10-13,15,18H,2,8-9H2,1H3,(H,20,21). The van der Waals surface area contributed by atoms with Crippen molar-refractivity contribution in [2.75, 3.05) is 11.9 Å². The van der Waals surface area contributed by atoms with E-state index in [1.165, 1.54) is 0 Å². The summed E-state index contributed by atoms with van der Waals surface area (Å²) in [7, 11) is 0. The third-order valence-corrected chi connectivity index (χ3v) is 3.97. The summed E-state index contributed by atoms with van der Waals surface area (Å²) in [5.41, 5.74) is 1.92. The number of ether oxygens (including phenoxy) is 1. The van der Waals surface area contributed by atoms with Crippen molar-refractivity contribution >= 4 is 11.6 Å². The molecule has 1 unspecified atom stereocenters. The van der Waals surface area contributed by atoms with E-state index in [1.807, 2.05) is 61.5 Å². The molecule has 2 aromatic rings. The molecule has 0 radical (unpaired) electrons. The first-order valence-corrected chi connectivity index (χ1v) is 7.86. The van der Waals surface area contributed by atoms with E-state index in [9.17, 15) is 4.79 Å². The van der Waals surface area contributed by atoms with Gasteiger partial charge in [0.1, 0.15) is 5.75 Å². The van der Waals surface area contributed by atoms with Crippen LogP contribution in [0.4, 0.5) is 5.69 Å². The number of carbonyl (C=O) groups excluding carboxylic acids is 1. The number of hydrogen-bond acceptors (Lipinski definition) is 2. The summed E-state index contributed by atoms with van der Waals surface area (Å²) < 4.78 is 5.42. The molecule has 1 saturated carbocycles. The van der Waals surface area contributed by atoms with E-state index in [1.54, 1.807) is 0 Å². The second-order valence-electron chi connectivity index (χ2n) is 5.67. The molecule has 3 rings (SSSR count). The van der Waals surface area contributed by atoms with Gasteiger partial charge in [-0.2, -0.15) is 0 Å². The van der Waals surface area contributed by atoms with Crippen LogP contribution >= 0.6 is 0 Å². The van der Waals surface area contributed by atoms with Crippen LogP contribution < -0.4 is 10.1 Å². The fourth-order valence-electron chi connectivity index (χ4n) is 2.75. The molecule has 1 atom stereocenters. The minimum atomic E-state index is -0.0484. The summed E-state index contributed by atoms with van der Waals surface area (Å²) in [4.78, 5) is 12.7. The lowest BCUT2D eigenvalue weighted by molar-refractivity contribution is -0.118. The Morgan fingerprint density at radius 3 is 2.41 bits per heavy atom. The predicted octanol–water partition coefficient (Wildman–Crippen LogP) is 4.22. The molecule has 1 N–H and O–H groups in total. The summed E-state index contributed by atoms with van der Waals surface area (Å²) >= 11 is 0. The molecule has 0 spiro atoms. The number of nitrogens with one attached hydrogen (secondary N) is 1. The first kappa shape index (κ1) is 14.6. The third-order valence-electron chi connectivity index (χ3n) is 3.97. The Morgan fingerprint density at radius 1 is 1.14 bits per heavy atom. The third kappa shape index (κ3) is 3.48. The van der Waals surface area contributed by atoms with Crippen LogP contribution in [0.2, 0.25) is 0 Å². The lowest BCUT2D eigenvalue weighted by Crippen LogP contribution is -2.22. The molecule has 22 heavy (non-hydrogen) atoms. The number of rotatable bonds is 6. The van der Waals surface area contributed by atoms with Crippen LogP contribution in [0.3, 0.4) is 0 Å². The van der Waals surface area contributed by atoms with Gasteiger partial charge in [0.25, 0.3) is 0 Å². The van der Waals surface area contributed by atoms with E-state index in [2.05, 4.69) is 5.32 Å². The Morgan fingerprint density at radius 2 is 1.82 bits per heavy atom. The molecule has 2 aromatic carbocycles. The summed E-state index contributed by atoms with van der Waals surface area (Å²) in [5, 5.41) is 3.04. The maximum absolute atomic E-state index is 12.7. The van der Waals surface area contributed by atoms with Gasteiger partial charge in [-0.3, -0.25) is 4.79 Å². The van der Waals surface area contributed by atoms with Gasteiger partial charge >= 0.3 is 0 Å². The van der Waals surface area contributed by atoms with Crippen molar-refractivity contribution in [3.05, 3.63) is 60.2 Å². The van der Waals surface area contributed by atoms with Crippen molar-refractivity contribution in [3.8, 4) is 5.75 Å². The van der Waals surface area contributed by atoms with Gasteiger partial charge in [-0.15, -0.1) is 0 Å². The Bertz CT molecular complexity index is 618. The van der Waals surface area contributed by atoms with Crippen LogP contribution in [0.25, 0.3) is 0 Å². The van der Waals surface area contributed by atoms with Crippen molar-refractivity contribution in [1.82, 2.24) is 0 Å². The molecule has 3 heteroatoms. The predicted molar refractivity (Wildman–Crippen MR) is 88.1 cm³/mol. The highest BCUT2D eigenvalue weighted by Crippen LogP contribution is 2.43. The van der Waals surface area contributed by atoms with E-state index in [-0.39, 0.29) is 11.8 Å². The van der Waals surface area contributed by atoms with Gasteiger partial charge in [-0.1, -0.05) is 30.3 Å². The minimum absolute atomic E-state index is 0.0484. The van der Waals surface area contributed by atoms with Crippen LogP contribution in [0.15, 0.2) is 54.6 Å². The maximum atomic E-state index is 12.7. The molecular formula is C19H21NO2. The second-order valence-corrected chi connectivity index (χ2v) is 5.67. The van der Waals surface area contributed by atoms with Gasteiger partial charge in [0, 0.05) is 5.69 Å². The second kappa shape index (κ2) is 6.65. The molecule has 1 amide bonds. The molecule has 1 fully saturated rings. The molecule has 0 bridgehead atoms. The van der Waals surface area contributed by atoms with E-state index in [4.69, 9.17) is 4.74 Å². The normalized spacial score (nSPS) is 15.1. The van der Waals surface area contributed by atoms with Gasteiger partial charge < -0.3 is 10.1 Å². The molecule has 1 aliphatic carbocycles. The van der Waals surface area contributed by atoms with Gasteiger partial charge in [-0.25, -0.2) is 0 Å². The Kier molecular flexibility index (Phi) is 4.42. The van der Waals surface area contributed by atoms with Gasteiger partial charge in [0.2, 0.25) is 5.91 Å². The SMILES string of the molecule is CCOc1ccc(NC(=O)C(c2ccccc2)C2CC2)cc1. The highest BCUT2D eigenvalue weighted by molar-refractivity contribution is 5.96.